The smallest absolute Gasteiger partial charge is 0.273 e. The van der Waals surface area contributed by atoms with Crippen LogP contribution >= 0.6 is 11.3 Å². The fraction of sp³-hybridized carbons (Fsp3) is 0.450. The molecule has 0 saturated carbocycles. The predicted octanol–water partition coefficient (Wildman–Crippen LogP) is 2.52. The molecule has 0 bridgehead atoms. The molecule has 0 aliphatic carbocycles. The second-order valence-electron chi connectivity index (χ2n) is 6.91. The van der Waals surface area contributed by atoms with Crippen molar-refractivity contribution >= 4 is 23.2 Å². The number of carbonyl (C=O) groups excluding carboxylic acids is 2. The normalized spacial score (nSPS) is 18.5. The number of rotatable bonds is 3. The molecule has 2 amide bonds. The van der Waals surface area contributed by atoms with Gasteiger partial charge in [-0.1, -0.05) is 30.3 Å². The average Bonchev–Trinajstić information content (AvgIpc) is 3.24. The topological polar surface area (TPSA) is 62.7 Å². The number of thiazole rings is 1. The van der Waals surface area contributed by atoms with Gasteiger partial charge in [0.15, 0.2) is 0 Å². The van der Waals surface area contributed by atoms with Crippen LogP contribution in [0.3, 0.4) is 0 Å². The van der Waals surface area contributed by atoms with Crippen molar-refractivity contribution in [3.8, 4) is 10.6 Å². The lowest BCUT2D eigenvalue weighted by atomic mass is 9.95. The van der Waals surface area contributed by atoms with Gasteiger partial charge in [-0.25, -0.2) is 4.98 Å². The number of likely N-dealkylation sites (tertiary alicyclic amines) is 1. The summed E-state index contributed by atoms with van der Waals surface area (Å²) in [5.74, 6) is 0.193. The molecule has 0 unspecified atom stereocenters. The Bertz CT molecular complexity index is 794. The number of morpholine rings is 1. The average molecular weight is 385 g/mol. The second-order valence-corrected chi connectivity index (χ2v) is 7.77. The molecule has 2 fully saturated rings. The summed E-state index contributed by atoms with van der Waals surface area (Å²) < 4.78 is 5.32. The number of hydrogen-bond donors (Lipinski definition) is 0. The Kier molecular flexibility index (Phi) is 5.50. The maximum absolute atomic E-state index is 12.8. The minimum Gasteiger partial charge on any atom is -0.378 e. The van der Waals surface area contributed by atoms with E-state index < -0.39 is 0 Å². The van der Waals surface area contributed by atoms with E-state index in [1.54, 1.807) is 0 Å². The summed E-state index contributed by atoms with van der Waals surface area (Å²) in [5, 5.41) is 2.69. The summed E-state index contributed by atoms with van der Waals surface area (Å²) in [4.78, 5) is 33.6. The van der Waals surface area contributed by atoms with Crippen LogP contribution in [0, 0.1) is 5.92 Å². The second kappa shape index (κ2) is 8.19. The van der Waals surface area contributed by atoms with E-state index in [0.717, 1.165) is 23.4 Å². The molecule has 1 aromatic carbocycles. The number of aromatic nitrogens is 1. The zero-order valence-corrected chi connectivity index (χ0v) is 16.0. The van der Waals surface area contributed by atoms with Gasteiger partial charge in [0.05, 0.1) is 13.2 Å². The van der Waals surface area contributed by atoms with Crippen molar-refractivity contribution in [2.75, 3.05) is 39.4 Å². The Morgan fingerprint density at radius 2 is 1.70 bits per heavy atom. The van der Waals surface area contributed by atoms with Crippen molar-refractivity contribution in [2.24, 2.45) is 5.92 Å². The van der Waals surface area contributed by atoms with Gasteiger partial charge in [-0.3, -0.25) is 9.59 Å². The van der Waals surface area contributed by atoms with Gasteiger partial charge in [-0.2, -0.15) is 0 Å². The number of piperidine rings is 1. The molecule has 2 saturated heterocycles. The van der Waals surface area contributed by atoms with Crippen LogP contribution in [-0.4, -0.2) is 66.0 Å². The van der Waals surface area contributed by atoms with E-state index in [0.29, 0.717) is 45.1 Å². The number of carbonyl (C=O) groups is 2. The van der Waals surface area contributed by atoms with Gasteiger partial charge in [-0.05, 0) is 12.8 Å². The van der Waals surface area contributed by atoms with E-state index in [1.807, 2.05) is 45.5 Å². The fourth-order valence-electron chi connectivity index (χ4n) is 3.62. The van der Waals surface area contributed by atoms with Crippen molar-refractivity contribution in [1.29, 1.82) is 0 Å². The maximum atomic E-state index is 12.8. The fourth-order valence-corrected chi connectivity index (χ4v) is 4.42. The Labute approximate surface area is 162 Å². The van der Waals surface area contributed by atoms with Crippen LogP contribution in [0.15, 0.2) is 35.7 Å². The lowest BCUT2D eigenvalue weighted by molar-refractivity contribution is -0.141. The van der Waals surface area contributed by atoms with Crippen LogP contribution in [0.5, 0.6) is 0 Å². The van der Waals surface area contributed by atoms with Gasteiger partial charge >= 0.3 is 0 Å². The molecule has 4 rings (SSSR count). The van der Waals surface area contributed by atoms with Gasteiger partial charge in [-0.15, -0.1) is 11.3 Å². The Hall–Kier alpha value is -2.25. The van der Waals surface area contributed by atoms with Crippen LogP contribution in [0.2, 0.25) is 0 Å². The third kappa shape index (κ3) is 4.04. The Morgan fingerprint density at radius 1 is 1.00 bits per heavy atom. The lowest BCUT2D eigenvalue weighted by Crippen LogP contribution is -2.47. The molecule has 142 valence electrons. The summed E-state index contributed by atoms with van der Waals surface area (Å²) in [6, 6.07) is 9.89. The molecule has 2 aliphatic rings. The summed E-state index contributed by atoms with van der Waals surface area (Å²) in [6.07, 6.45) is 1.44. The zero-order valence-electron chi connectivity index (χ0n) is 15.2. The lowest BCUT2D eigenvalue weighted by Gasteiger charge is -2.35. The zero-order chi connectivity index (χ0) is 18.6. The number of nitrogens with zero attached hydrogens (tertiary/aromatic N) is 3. The van der Waals surface area contributed by atoms with Crippen molar-refractivity contribution in [3.63, 3.8) is 0 Å². The van der Waals surface area contributed by atoms with Gasteiger partial charge in [0.1, 0.15) is 10.7 Å². The molecule has 7 heteroatoms. The number of benzene rings is 1. The van der Waals surface area contributed by atoms with Crippen molar-refractivity contribution < 1.29 is 14.3 Å². The first-order chi connectivity index (χ1) is 13.2. The minimum absolute atomic E-state index is 0.0162. The van der Waals surface area contributed by atoms with Crippen LogP contribution in [0.25, 0.3) is 10.6 Å². The van der Waals surface area contributed by atoms with Gasteiger partial charge in [0.25, 0.3) is 5.91 Å². The number of amides is 2. The van der Waals surface area contributed by atoms with Crippen LogP contribution < -0.4 is 0 Å². The molecule has 6 nitrogen and oxygen atoms in total. The summed E-state index contributed by atoms with van der Waals surface area (Å²) in [6.45, 7) is 3.82. The Balaban J connectivity index is 1.35. The van der Waals surface area contributed by atoms with Gasteiger partial charge in [0, 0.05) is 43.0 Å². The highest BCUT2D eigenvalue weighted by Gasteiger charge is 2.31. The van der Waals surface area contributed by atoms with Crippen molar-refractivity contribution in [1.82, 2.24) is 14.8 Å². The molecule has 2 aliphatic heterocycles. The molecule has 2 aromatic rings. The standard InChI is InChI=1S/C20H23N3O3S/c24-19(23-10-12-26-13-11-23)16-6-8-22(9-7-16)20(25)17-14-27-18(21-17)15-4-2-1-3-5-15/h1-5,14,16H,6-13H2. The number of hydrogen-bond acceptors (Lipinski definition) is 5. The van der Waals surface area contributed by atoms with E-state index in [1.165, 1.54) is 11.3 Å². The highest BCUT2D eigenvalue weighted by atomic mass is 32.1. The predicted molar refractivity (Wildman–Crippen MR) is 104 cm³/mol. The molecule has 3 heterocycles. The molecule has 0 N–H and O–H groups in total. The molecular formula is C20H23N3O3S. The largest absolute Gasteiger partial charge is 0.378 e. The third-order valence-electron chi connectivity index (χ3n) is 5.20. The Morgan fingerprint density at radius 3 is 2.41 bits per heavy atom. The molecular weight excluding hydrogens is 362 g/mol. The van der Waals surface area contributed by atoms with Crippen molar-refractivity contribution in [3.05, 3.63) is 41.4 Å². The van der Waals surface area contributed by atoms with E-state index >= 15 is 0 Å². The van der Waals surface area contributed by atoms with Gasteiger partial charge in [0.2, 0.25) is 5.91 Å². The monoisotopic (exact) mass is 385 g/mol. The van der Waals surface area contributed by atoms with Crippen LogP contribution in [0.1, 0.15) is 23.3 Å². The quantitative estimate of drug-likeness (QED) is 0.815. The molecule has 0 spiro atoms. The summed E-state index contributed by atoms with van der Waals surface area (Å²) in [5.41, 5.74) is 1.52. The first kappa shape index (κ1) is 18.1. The molecule has 27 heavy (non-hydrogen) atoms. The van der Waals surface area contributed by atoms with E-state index in [9.17, 15) is 9.59 Å². The van der Waals surface area contributed by atoms with Crippen LogP contribution in [-0.2, 0) is 9.53 Å². The molecule has 0 radical (unpaired) electrons. The summed E-state index contributed by atoms with van der Waals surface area (Å²) in [7, 11) is 0. The SMILES string of the molecule is O=C(c1csc(-c2ccccc2)n1)N1CCC(C(=O)N2CCOCC2)CC1. The highest BCUT2D eigenvalue weighted by Crippen LogP contribution is 2.26. The summed E-state index contributed by atoms with van der Waals surface area (Å²) >= 11 is 1.49. The maximum Gasteiger partial charge on any atom is 0.273 e. The first-order valence-electron chi connectivity index (χ1n) is 9.39. The first-order valence-corrected chi connectivity index (χ1v) is 10.3. The van der Waals surface area contributed by atoms with Crippen molar-refractivity contribution in [2.45, 2.75) is 12.8 Å². The number of ether oxygens (including phenoxy) is 1. The van der Waals surface area contributed by atoms with Gasteiger partial charge < -0.3 is 14.5 Å². The molecule has 1 aromatic heterocycles. The highest BCUT2D eigenvalue weighted by molar-refractivity contribution is 7.13. The van der Waals surface area contributed by atoms with E-state index in [2.05, 4.69) is 4.98 Å². The van der Waals surface area contributed by atoms with Crippen LogP contribution in [0.4, 0.5) is 0 Å². The third-order valence-corrected chi connectivity index (χ3v) is 6.09. The minimum atomic E-state index is -0.0364. The molecule has 0 atom stereocenters. The van der Waals surface area contributed by atoms with E-state index in [4.69, 9.17) is 4.74 Å². The van der Waals surface area contributed by atoms with E-state index in [-0.39, 0.29) is 17.7 Å².